The highest BCUT2D eigenvalue weighted by Gasteiger charge is 2.18. The van der Waals surface area contributed by atoms with Gasteiger partial charge in [0.1, 0.15) is 11.6 Å². The van der Waals surface area contributed by atoms with E-state index in [0.717, 1.165) is 17.8 Å². The number of imidazole rings is 1. The zero-order valence-electron chi connectivity index (χ0n) is 11.6. The quantitative estimate of drug-likeness (QED) is 0.685. The Labute approximate surface area is 131 Å². The van der Waals surface area contributed by atoms with Gasteiger partial charge in [-0.25, -0.2) is 9.37 Å². The molecule has 0 saturated heterocycles. The van der Waals surface area contributed by atoms with Crippen LogP contribution in [0.2, 0.25) is 5.02 Å². The molecule has 0 amide bonds. The van der Waals surface area contributed by atoms with Crippen molar-refractivity contribution in [2.24, 2.45) is 7.05 Å². The van der Waals surface area contributed by atoms with Gasteiger partial charge in [-0.3, -0.25) is 9.25 Å². The molecule has 3 rings (SSSR count). The van der Waals surface area contributed by atoms with Crippen LogP contribution in [-0.4, -0.2) is 19.3 Å². The number of hydrogen-bond acceptors (Lipinski definition) is 2. The van der Waals surface area contributed by atoms with Crippen molar-refractivity contribution in [1.29, 1.82) is 0 Å². The molecule has 0 radical (unpaired) electrons. The minimum Gasteiger partial charge on any atom is -0.292 e. The van der Waals surface area contributed by atoms with E-state index in [4.69, 9.17) is 23.2 Å². The fourth-order valence-electron chi connectivity index (χ4n) is 2.44. The van der Waals surface area contributed by atoms with Gasteiger partial charge in [0.15, 0.2) is 0 Å². The number of nitrogens with zero attached hydrogens (tertiary/aromatic N) is 4. The Morgan fingerprint density at radius 3 is 2.76 bits per heavy atom. The topological polar surface area (TPSA) is 35.6 Å². The molecule has 0 N–H and O–H groups in total. The summed E-state index contributed by atoms with van der Waals surface area (Å²) in [6, 6.07) is 2.90. The lowest BCUT2D eigenvalue weighted by atomic mass is 10.2. The van der Waals surface area contributed by atoms with Gasteiger partial charge in [0, 0.05) is 19.3 Å². The second-order valence-corrected chi connectivity index (χ2v) is 5.41. The van der Waals surface area contributed by atoms with Crippen LogP contribution in [0.15, 0.2) is 18.3 Å². The third-order valence-electron chi connectivity index (χ3n) is 3.34. The number of fused-ring (bicyclic) bond motifs is 1. The molecule has 1 aromatic carbocycles. The number of aromatic nitrogens is 4. The normalized spacial score (nSPS) is 11.5. The average Bonchev–Trinajstić information content (AvgIpc) is 2.99. The molecular formula is C14H13Cl2FN4. The zero-order chi connectivity index (χ0) is 15.1. The van der Waals surface area contributed by atoms with E-state index >= 15 is 0 Å². The summed E-state index contributed by atoms with van der Waals surface area (Å²) in [4.78, 5) is 4.44. The van der Waals surface area contributed by atoms with E-state index in [1.54, 1.807) is 4.68 Å². The van der Waals surface area contributed by atoms with Gasteiger partial charge < -0.3 is 0 Å². The van der Waals surface area contributed by atoms with Crippen molar-refractivity contribution in [2.75, 3.05) is 0 Å². The van der Waals surface area contributed by atoms with Crippen LogP contribution in [0.5, 0.6) is 0 Å². The second kappa shape index (κ2) is 5.31. The molecule has 4 nitrogen and oxygen atoms in total. The van der Waals surface area contributed by atoms with Gasteiger partial charge in [0.25, 0.3) is 0 Å². The molecule has 0 aliphatic rings. The van der Waals surface area contributed by atoms with Crippen molar-refractivity contribution < 1.29 is 4.39 Å². The van der Waals surface area contributed by atoms with Gasteiger partial charge in [-0.05, 0) is 12.5 Å². The molecule has 0 fully saturated rings. The van der Waals surface area contributed by atoms with E-state index in [9.17, 15) is 4.39 Å². The Morgan fingerprint density at radius 1 is 1.33 bits per heavy atom. The van der Waals surface area contributed by atoms with Crippen molar-refractivity contribution >= 4 is 34.2 Å². The summed E-state index contributed by atoms with van der Waals surface area (Å²) in [5.74, 6) is 0.371. The minimum absolute atomic E-state index is 0.0511. The molecule has 2 aromatic heterocycles. The molecule has 0 aliphatic heterocycles. The Morgan fingerprint density at radius 2 is 2.10 bits per heavy atom. The van der Waals surface area contributed by atoms with E-state index in [1.165, 1.54) is 12.1 Å². The smallest absolute Gasteiger partial charge is 0.144 e. The Balaban J connectivity index is 2.36. The SMILES string of the molecule is CCc1nn(C)cc1-n1c(CCl)nc2cc(Cl)c(F)cc21. The van der Waals surface area contributed by atoms with Gasteiger partial charge in [-0.15, -0.1) is 11.6 Å². The Hall–Kier alpha value is -1.59. The molecule has 0 atom stereocenters. The van der Waals surface area contributed by atoms with Gasteiger partial charge in [0.05, 0.1) is 33.3 Å². The third-order valence-corrected chi connectivity index (χ3v) is 3.87. The first-order valence-electron chi connectivity index (χ1n) is 6.50. The van der Waals surface area contributed by atoms with Crippen LogP contribution in [0.25, 0.3) is 16.7 Å². The Bertz CT molecular complexity index is 822. The molecule has 110 valence electrons. The van der Waals surface area contributed by atoms with E-state index < -0.39 is 5.82 Å². The summed E-state index contributed by atoms with van der Waals surface area (Å²) in [5, 5.41) is 4.46. The summed E-state index contributed by atoms with van der Waals surface area (Å²) in [7, 11) is 1.85. The third kappa shape index (κ3) is 2.30. The van der Waals surface area contributed by atoms with Crippen LogP contribution in [0.4, 0.5) is 4.39 Å². The van der Waals surface area contributed by atoms with Crippen molar-refractivity contribution in [3.8, 4) is 5.69 Å². The number of halogens is 3. The molecule has 0 saturated carbocycles. The first kappa shape index (κ1) is 14.4. The number of benzene rings is 1. The highest BCUT2D eigenvalue weighted by molar-refractivity contribution is 6.31. The van der Waals surface area contributed by atoms with E-state index in [1.807, 2.05) is 24.7 Å². The maximum atomic E-state index is 13.8. The molecular weight excluding hydrogens is 314 g/mol. The maximum Gasteiger partial charge on any atom is 0.144 e. The van der Waals surface area contributed by atoms with Crippen molar-refractivity contribution in [2.45, 2.75) is 19.2 Å². The molecule has 0 spiro atoms. The number of rotatable bonds is 3. The predicted molar refractivity (Wildman–Crippen MR) is 81.7 cm³/mol. The van der Waals surface area contributed by atoms with E-state index in [-0.39, 0.29) is 10.9 Å². The number of alkyl halides is 1. The fraction of sp³-hybridized carbons (Fsp3) is 0.286. The van der Waals surface area contributed by atoms with Crippen molar-refractivity contribution in [3.63, 3.8) is 0 Å². The first-order chi connectivity index (χ1) is 10.0. The molecule has 21 heavy (non-hydrogen) atoms. The van der Waals surface area contributed by atoms with Crippen LogP contribution in [0.1, 0.15) is 18.4 Å². The Kier molecular flexibility index (Phi) is 3.63. The molecule has 2 heterocycles. The summed E-state index contributed by atoms with van der Waals surface area (Å²) >= 11 is 11.8. The maximum absolute atomic E-state index is 13.8. The predicted octanol–water partition coefficient (Wildman–Crippen LogP) is 3.85. The highest BCUT2D eigenvalue weighted by Crippen LogP contribution is 2.28. The van der Waals surface area contributed by atoms with Crippen molar-refractivity contribution in [1.82, 2.24) is 19.3 Å². The van der Waals surface area contributed by atoms with Crippen LogP contribution in [0, 0.1) is 5.82 Å². The standard InChI is InChI=1S/C14H13Cl2FN4/c1-3-10-13(7-20(2)19-10)21-12-5-9(17)8(16)4-11(12)18-14(21)6-15/h4-5,7H,3,6H2,1-2H3. The van der Waals surface area contributed by atoms with Gasteiger partial charge >= 0.3 is 0 Å². The molecule has 0 bridgehead atoms. The minimum atomic E-state index is -0.478. The molecule has 3 aromatic rings. The van der Waals surface area contributed by atoms with E-state index in [0.29, 0.717) is 16.9 Å². The van der Waals surface area contributed by atoms with Gasteiger partial charge in [-0.1, -0.05) is 18.5 Å². The van der Waals surface area contributed by atoms with Gasteiger partial charge in [0.2, 0.25) is 0 Å². The number of aryl methyl sites for hydroxylation is 2. The second-order valence-electron chi connectivity index (χ2n) is 4.74. The summed E-state index contributed by atoms with van der Waals surface area (Å²) in [6.45, 7) is 2.02. The number of hydrogen-bond donors (Lipinski definition) is 0. The summed E-state index contributed by atoms with van der Waals surface area (Å²) < 4.78 is 17.4. The molecule has 0 unspecified atom stereocenters. The lowest BCUT2D eigenvalue weighted by Gasteiger charge is -2.07. The summed E-state index contributed by atoms with van der Waals surface area (Å²) in [6.07, 6.45) is 2.64. The van der Waals surface area contributed by atoms with E-state index in [2.05, 4.69) is 10.1 Å². The van der Waals surface area contributed by atoms with Crippen LogP contribution >= 0.6 is 23.2 Å². The van der Waals surface area contributed by atoms with Crippen LogP contribution in [0.3, 0.4) is 0 Å². The van der Waals surface area contributed by atoms with Crippen LogP contribution in [-0.2, 0) is 19.3 Å². The summed E-state index contributed by atoms with van der Waals surface area (Å²) in [5.41, 5.74) is 3.01. The molecule has 0 aliphatic carbocycles. The highest BCUT2D eigenvalue weighted by atomic mass is 35.5. The van der Waals surface area contributed by atoms with Crippen LogP contribution < -0.4 is 0 Å². The largest absolute Gasteiger partial charge is 0.292 e. The monoisotopic (exact) mass is 326 g/mol. The zero-order valence-corrected chi connectivity index (χ0v) is 13.1. The lowest BCUT2D eigenvalue weighted by molar-refractivity contribution is 0.629. The molecule has 7 heteroatoms. The lowest BCUT2D eigenvalue weighted by Crippen LogP contribution is -2.01. The van der Waals surface area contributed by atoms with Gasteiger partial charge in [-0.2, -0.15) is 5.10 Å². The average molecular weight is 327 g/mol. The van der Waals surface area contributed by atoms with Crippen molar-refractivity contribution in [3.05, 3.63) is 40.7 Å². The fourth-order valence-corrected chi connectivity index (χ4v) is 2.78. The first-order valence-corrected chi connectivity index (χ1v) is 7.41.